The summed E-state index contributed by atoms with van der Waals surface area (Å²) in [6.07, 6.45) is 0. The fraction of sp³-hybridized carbons (Fsp3) is 0.105. The highest BCUT2D eigenvalue weighted by molar-refractivity contribution is 6.09. The van der Waals surface area contributed by atoms with Crippen molar-refractivity contribution in [3.63, 3.8) is 0 Å². The van der Waals surface area contributed by atoms with Crippen molar-refractivity contribution in [3.8, 4) is 11.5 Å². The Kier molecular flexibility index (Phi) is 2.45. The lowest BCUT2D eigenvalue weighted by molar-refractivity contribution is 0.173. The van der Waals surface area contributed by atoms with Crippen LogP contribution in [0.25, 0.3) is 32.7 Å². The molecule has 112 valence electrons. The third-order valence-electron chi connectivity index (χ3n) is 4.24. The van der Waals surface area contributed by atoms with Gasteiger partial charge in [-0.1, -0.05) is 30.3 Å². The van der Waals surface area contributed by atoms with Crippen molar-refractivity contribution in [2.45, 2.75) is 0 Å². The van der Waals surface area contributed by atoms with Gasteiger partial charge in [0.25, 0.3) is 0 Å². The number of benzene rings is 3. The monoisotopic (exact) mass is 304 g/mol. The minimum Gasteiger partial charge on any atom is -0.486 e. The Hall–Kier alpha value is -3.01. The number of rotatable bonds is 0. The molecule has 0 atom stereocenters. The van der Waals surface area contributed by atoms with E-state index in [2.05, 4.69) is 0 Å². The molecule has 5 rings (SSSR count). The largest absolute Gasteiger partial charge is 0.486 e. The van der Waals surface area contributed by atoms with Crippen LogP contribution in [0.15, 0.2) is 57.7 Å². The molecule has 0 saturated heterocycles. The van der Waals surface area contributed by atoms with E-state index in [-0.39, 0.29) is 5.43 Å². The van der Waals surface area contributed by atoms with Gasteiger partial charge in [-0.25, -0.2) is 0 Å². The number of fused-ring (bicyclic) bond motifs is 6. The summed E-state index contributed by atoms with van der Waals surface area (Å²) in [6.45, 7) is 0.916. The summed E-state index contributed by atoms with van der Waals surface area (Å²) in [5.74, 6) is 1.08. The molecule has 0 unspecified atom stereocenters. The molecular formula is C19H12O4. The summed E-state index contributed by atoms with van der Waals surface area (Å²) in [5, 5.41) is 2.92. The topological polar surface area (TPSA) is 48.7 Å². The van der Waals surface area contributed by atoms with Crippen LogP contribution in [0.2, 0.25) is 0 Å². The number of hydrogen-bond donors (Lipinski definition) is 0. The van der Waals surface area contributed by atoms with Gasteiger partial charge in [-0.2, -0.15) is 0 Å². The first-order chi connectivity index (χ1) is 11.3. The maximum absolute atomic E-state index is 13.2. The molecule has 4 aromatic rings. The van der Waals surface area contributed by atoms with E-state index in [4.69, 9.17) is 13.9 Å². The maximum Gasteiger partial charge on any atom is 0.205 e. The van der Waals surface area contributed by atoms with Crippen LogP contribution < -0.4 is 14.9 Å². The minimum atomic E-state index is -0.0830. The van der Waals surface area contributed by atoms with Crippen LogP contribution in [0.4, 0.5) is 0 Å². The molecule has 4 heteroatoms. The summed E-state index contributed by atoms with van der Waals surface area (Å²) in [7, 11) is 0. The smallest absolute Gasteiger partial charge is 0.205 e. The van der Waals surface area contributed by atoms with E-state index in [1.54, 1.807) is 12.1 Å². The van der Waals surface area contributed by atoms with Gasteiger partial charge in [0.1, 0.15) is 29.8 Å². The summed E-state index contributed by atoms with van der Waals surface area (Å²) < 4.78 is 17.2. The second kappa shape index (κ2) is 4.49. The van der Waals surface area contributed by atoms with Crippen LogP contribution in [-0.4, -0.2) is 13.2 Å². The van der Waals surface area contributed by atoms with E-state index in [1.165, 1.54) is 0 Å². The molecule has 0 N–H and O–H groups in total. The van der Waals surface area contributed by atoms with Crippen LogP contribution in [-0.2, 0) is 0 Å². The molecule has 2 heterocycles. The van der Waals surface area contributed by atoms with E-state index in [1.807, 2.05) is 36.4 Å². The first kappa shape index (κ1) is 12.5. The molecule has 23 heavy (non-hydrogen) atoms. The fourth-order valence-electron chi connectivity index (χ4n) is 3.21. The molecule has 4 nitrogen and oxygen atoms in total. The highest BCUT2D eigenvalue weighted by atomic mass is 16.6. The molecular weight excluding hydrogens is 292 g/mol. The summed E-state index contributed by atoms with van der Waals surface area (Å²) in [6, 6.07) is 15.2. The van der Waals surface area contributed by atoms with Crippen molar-refractivity contribution >= 4 is 32.7 Å². The van der Waals surface area contributed by atoms with Crippen molar-refractivity contribution in [2.75, 3.05) is 13.2 Å². The Balaban J connectivity index is 2.04. The zero-order chi connectivity index (χ0) is 15.4. The Bertz CT molecular complexity index is 1140. The first-order valence-corrected chi connectivity index (χ1v) is 7.50. The van der Waals surface area contributed by atoms with E-state index >= 15 is 0 Å². The molecule has 1 aromatic heterocycles. The van der Waals surface area contributed by atoms with E-state index in [9.17, 15) is 4.79 Å². The van der Waals surface area contributed by atoms with Crippen LogP contribution in [0.3, 0.4) is 0 Å². The van der Waals surface area contributed by atoms with Gasteiger partial charge in [-0.15, -0.1) is 0 Å². The van der Waals surface area contributed by atoms with Gasteiger partial charge in [-0.05, 0) is 29.0 Å². The minimum absolute atomic E-state index is 0.0830. The van der Waals surface area contributed by atoms with Crippen LogP contribution >= 0.6 is 0 Å². The number of hydrogen-bond acceptors (Lipinski definition) is 4. The van der Waals surface area contributed by atoms with Gasteiger partial charge in [0.2, 0.25) is 5.43 Å². The molecule has 1 aliphatic heterocycles. The van der Waals surface area contributed by atoms with Crippen molar-refractivity contribution in [1.29, 1.82) is 0 Å². The predicted molar refractivity (Wildman–Crippen MR) is 88.5 cm³/mol. The van der Waals surface area contributed by atoms with Gasteiger partial charge in [0.05, 0.1) is 5.39 Å². The van der Waals surface area contributed by atoms with Gasteiger partial charge in [-0.3, -0.25) is 4.79 Å². The Morgan fingerprint density at radius 2 is 1.57 bits per heavy atom. The van der Waals surface area contributed by atoms with Crippen molar-refractivity contribution in [3.05, 3.63) is 58.8 Å². The highest BCUT2D eigenvalue weighted by Crippen LogP contribution is 2.37. The first-order valence-electron chi connectivity index (χ1n) is 7.50. The molecule has 0 fully saturated rings. The number of ether oxygens (including phenoxy) is 2. The summed E-state index contributed by atoms with van der Waals surface area (Å²) >= 11 is 0. The van der Waals surface area contributed by atoms with E-state index in [0.29, 0.717) is 46.7 Å². The maximum atomic E-state index is 13.2. The van der Waals surface area contributed by atoms with Crippen molar-refractivity contribution in [2.24, 2.45) is 0 Å². The lowest BCUT2D eigenvalue weighted by Crippen LogP contribution is -2.17. The summed E-state index contributed by atoms with van der Waals surface area (Å²) in [5.41, 5.74) is 1.01. The zero-order valence-electron chi connectivity index (χ0n) is 12.2. The van der Waals surface area contributed by atoms with Gasteiger partial charge in [0.15, 0.2) is 11.5 Å². The second-order valence-electron chi connectivity index (χ2n) is 5.55. The predicted octanol–water partition coefficient (Wildman–Crippen LogP) is 3.87. The van der Waals surface area contributed by atoms with Crippen molar-refractivity contribution < 1.29 is 13.9 Å². The second-order valence-corrected chi connectivity index (χ2v) is 5.55. The fourth-order valence-corrected chi connectivity index (χ4v) is 3.21. The van der Waals surface area contributed by atoms with E-state index < -0.39 is 0 Å². The molecule has 0 bridgehead atoms. The van der Waals surface area contributed by atoms with Gasteiger partial charge >= 0.3 is 0 Å². The average Bonchev–Trinajstić information content (AvgIpc) is 2.61. The third kappa shape index (κ3) is 1.69. The lowest BCUT2D eigenvalue weighted by Gasteiger charge is -2.19. The van der Waals surface area contributed by atoms with Gasteiger partial charge in [0, 0.05) is 0 Å². The molecule has 0 saturated carbocycles. The zero-order valence-corrected chi connectivity index (χ0v) is 12.2. The molecule has 0 spiro atoms. The molecule has 0 amide bonds. The standard InChI is InChI=1S/C19H12O4/c20-18-16-12-4-2-1-3-11(12)5-6-13(16)23-14-7-8-15-19(17(14)18)22-10-9-21-15/h1-8H,9-10H2. The van der Waals surface area contributed by atoms with Gasteiger partial charge < -0.3 is 13.9 Å². The molecule has 0 aliphatic carbocycles. The third-order valence-corrected chi connectivity index (χ3v) is 4.24. The Morgan fingerprint density at radius 3 is 2.52 bits per heavy atom. The van der Waals surface area contributed by atoms with Crippen LogP contribution in [0.1, 0.15) is 0 Å². The Labute approximate surface area is 130 Å². The molecule has 0 radical (unpaired) electrons. The normalized spacial score (nSPS) is 13.7. The molecule has 3 aromatic carbocycles. The Morgan fingerprint density at radius 1 is 0.783 bits per heavy atom. The van der Waals surface area contributed by atoms with E-state index in [0.717, 1.165) is 10.8 Å². The van der Waals surface area contributed by atoms with Crippen LogP contribution in [0.5, 0.6) is 11.5 Å². The quantitative estimate of drug-likeness (QED) is 0.365. The SMILES string of the molecule is O=c1c2c3c(ccc2oc2ccc4ccccc4c12)OCCO3. The van der Waals surface area contributed by atoms with Crippen LogP contribution in [0, 0.1) is 0 Å². The molecule has 1 aliphatic rings. The highest BCUT2D eigenvalue weighted by Gasteiger charge is 2.20. The summed E-state index contributed by atoms with van der Waals surface area (Å²) in [4.78, 5) is 13.2. The lowest BCUT2D eigenvalue weighted by atomic mass is 10.0. The average molecular weight is 304 g/mol. The van der Waals surface area contributed by atoms with Crippen molar-refractivity contribution in [1.82, 2.24) is 0 Å².